The number of hydrogen-bond acceptors (Lipinski definition) is 5. The molecule has 3 nitrogen and oxygen atoms in total. The van der Waals surface area contributed by atoms with Crippen LogP contribution in [-0.2, 0) is 4.74 Å². The number of fused-ring (bicyclic) bond motifs is 1. The van der Waals surface area contributed by atoms with Crippen molar-refractivity contribution in [3.8, 4) is 0 Å². The fourth-order valence-electron chi connectivity index (χ4n) is 1.39. The van der Waals surface area contributed by atoms with Crippen molar-refractivity contribution in [3.63, 3.8) is 0 Å². The number of ether oxygens (including phenoxy) is 1. The number of thiol groups is 1. The molecule has 0 aromatic rings. The first-order valence-electron chi connectivity index (χ1n) is 3.93. The largest absolute Gasteiger partial charge is 0.481 e. The maximum Gasteiger partial charge on any atom is 0.208 e. The van der Waals surface area contributed by atoms with E-state index in [1.807, 2.05) is 6.08 Å². The average molecular weight is 214 g/mol. The normalized spacial score (nSPS) is 30.3. The maximum absolute atomic E-state index is 5.05. The van der Waals surface area contributed by atoms with Crippen molar-refractivity contribution in [1.29, 1.82) is 0 Å². The summed E-state index contributed by atoms with van der Waals surface area (Å²) in [6.45, 7) is 0. The van der Waals surface area contributed by atoms with Crippen LogP contribution >= 0.6 is 22.5 Å². The molecule has 2 aliphatic heterocycles. The molecule has 0 amide bonds. The van der Waals surface area contributed by atoms with Gasteiger partial charge in [-0.3, -0.25) is 0 Å². The van der Waals surface area contributed by atoms with Crippen molar-refractivity contribution in [2.24, 2.45) is 4.99 Å². The Bertz CT molecular complexity index is 299. The van der Waals surface area contributed by atoms with Crippen molar-refractivity contribution in [2.45, 2.75) is 12.1 Å². The number of rotatable bonds is 1. The molecule has 5 heteroatoms. The van der Waals surface area contributed by atoms with Crippen LogP contribution in [0.1, 0.15) is 0 Å². The Morgan fingerprint density at radius 1 is 1.69 bits per heavy atom. The molecule has 2 rings (SSSR count). The van der Waals surface area contributed by atoms with Crippen LogP contribution in [0.4, 0.5) is 0 Å². The summed E-state index contributed by atoms with van der Waals surface area (Å²) in [6.07, 6.45) is 6.00. The summed E-state index contributed by atoms with van der Waals surface area (Å²) in [5.74, 6) is 0.685. The van der Waals surface area contributed by atoms with Crippen LogP contribution in [-0.4, -0.2) is 25.1 Å². The molecule has 2 unspecified atom stereocenters. The van der Waals surface area contributed by atoms with E-state index in [-0.39, 0.29) is 12.1 Å². The number of dihydropyridines is 1. The van der Waals surface area contributed by atoms with Crippen molar-refractivity contribution >= 4 is 28.4 Å². The van der Waals surface area contributed by atoms with Crippen LogP contribution in [0.15, 0.2) is 28.2 Å². The second kappa shape index (κ2) is 3.67. The molecule has 0 aliphatic carbocycles. The Morgan fingerprint density at radius 2 is 2.54 bits per heavy atom. The van der Waals surface area contributed by atoms with Crippen molar-refractivity contribution < 1.29 is 4.74 Å². The fraction of sp³-hybridized carbons (Fsp3) is 0.375. The minimum Gasteiger partial charge on any atom is -0.481 e. The Labute approximate surface area is 86.1 Å². The summed E-state index contributed by atoms with van der Waals surface area (Å²) in [7, 11) is 3.04. The molecular weight excluding hydrogens is 204 g/mol. The summed E-state index contributed by atoms with van der Waals surface area (Å²) < 4.78 is 5.05. The molecule has 0 saturated heterocycles. The van der Waals surface area contributed by atoms with Gasteiger partial charge in [0.2, 0.25) is 5.90 Å². The molecule has 0 saturated carbocycles. The van der Waals surface area contributed by atoms with E-state index in [0.29, 0.717) is 5.90 Å². The van der Waals surface area contributed by atoms with E-state index in [1.165, 1.54) is 10.8 Å². The number of nitrogens with zero attached hydrogens (tertiary/aromatic N) is 1. The Morgan fingerprint density at radius 3 is 3.23 bits per heavy atom. The monoisotopic (exact) mass is 214 g/mol. The maximum atomic E-state index is 5.05. The Balaban J connectivity index is 2.16. The van der Waals surface area contributed by atoms with Gasteiger partial charge < -0.3 is 10.1 Å². The van der Waals surface area contributed by atoms with E-state index in [0.717, 1.165) is 5.03 Å². The fourth-order valence-corrected chi connectivity index (χ4v) is 2.12. The first kappa shape index (κ1) is 9.02. The molecule has 13 heavy (non-hydrogen) atoms. The van der Waals surface area contributed by atoms with Gasteiger partial charge >= 0.3 is 0 Å². The average Bonchev–Trinajstić information content (AvgIpc) is 2.58. The van der Waals surface area contributed by atoms with Crippen LogP contribution in [0, 0.1) is 0 Å². The van der Waals surface area contributed by atoms with E-state index in [1.54, 1.807) is 7.11 Å². The van der Waals surface area contributed by atoms with Crippen LogP contribution in [0.2, 0.25) is 0 Å². The van der Waals surface area contributed by atoms with E-state index in [9.17, 15) is 0 Å². The zero-order valence-electron chi connectivity index (χ0n) is 7.10. The molecule has 2 heterocycles. The molecule has 0 spiro atoms. The highest BCUT2D eigenvalue weighted by molar-refractivity contribution is 8.70. The molecule has 70 valence electrons. The molecule has 2 atom stereocenters. The third kappa shape index (κ3) is 1.71. The molecule has 2 aliphatic rings. The SMILES string of the molecule is COC1=NC2C=C(SS)NC2C=C1. The van der Waals surface area contributed by atoms with E-state index in [4.69, 9.17) is 4.74 Å². The van der Waals surface area contributed by atoms with Gasteiger partial charge in [-0.05, 0) is 22.9 Å². The number of methoxy groups -OCH3 is 1. The number of hydrogen-bond donors (Lipinski definition) is 2. The van der Waals surface area contributed by atoms with E-state index < -0.39 is 0 Å². The number of nitrogens with one attached hydrogen (secondary N) is 1. The van der Waals surface area contributed by atoms with E-state index in [2.05, 4.69) is 34.1 Å². The predicted molar refractivity (Wildman–Crippen MR) is 59.0 cm³/mol. The Hall–Kier alpha value is -0.550. The van der Waals surface area contributed by atoms with Crippen LogP contribution in [0.3, 0.4) is 0 Å². The second-order valence-electron chi connectivity index (χ2n) is 2.81. The zero-order valence-corrected chi connectivity index (χ0v) is 8.81. The van der Waals surface area contributed by atoms with Crippen LogP contribution < -0.4 is 5.32 Å². The highest BCUT2D eigenvalue weighted by Gasteiger charge is 2.27. The minimum absolute atomic E-state index is 0.162. The summed E-state index contributed by atoms with van der Waals surface area (Å²) >= 11 is 4.12. The number of aliphatic imine (C=N–C) groups is 1. The smallest absolute Gasteiger partial charge is 0.208 e. The molecule has 0 aromatic carbocycles. The molecule has 0 bridgehead atoms. The topological polar surface area (TPSA) is 33.6 Å². The lowest BCUT2D eigenvalue weighted by molar-refractivity contribution is 0.399. The quantitative estimate of drug-likeness (QED) is 0.511. The molecule has 1 N–H and O–H groups in total. The van der Waals surface area contributed by atoms with Gasteiger partial charge in [-0.15, -0.1) is 11.7 Å². The van der Waals surface area contributed by atoms with Gasteiger partial charge in [0.15, 0.2) is 0 Å². The third-order valence-electron chi connectivity index (χ3n) is 2.03. The van der Waals surface area contributed by atoms with Crippen LogP contribution in [0.25, 0.3) is 0 Å². The summed E-state index contributed by atoms with van der Waals surface area (Å²) in [5.41, 5.74) is 0. The summed E-state index contributed by atoms with van der Waals surface area (Å²) in [4.78, 5) is 4.38. The molecule has 0 radical (unpaired) electrons. The zero-order chi connectivity index (χ0) is 9.26. The first-order valence-corrected chi connectivity index (χ1v) is 5.80. The van der Waals surface area contributed by atoms with Crippen molar-refractivity contribution in [1.82, 2.24) is 5.32 Å². The van der Waals surface area contributed by atoms with Gasteiger partial charge in [-0.1, -0.05) is 6.08 Å². The van der Waals surface area contributed by atoms with E-state index >= 15 is 0 Å². The summed E-state index contributed by atoms with van der Waals surface area (Å²) in [5, 5.41) is 4.34. The second-order valence-corrected chi connectivity index (χ2v) is 3.98. The highest BCUT2D eigenvalue weighted by Crippen LogP contribution is 2.27. The molecule has 0 fully saturated rings. The highest BCUT2D eigenvalue weighted by atomic mass is 33.1. The van der Waals surface area contributed by atoms with Crippen LogP contribution in [0.5, 0.6) is 0 Å². The third-order valence-corrected chi connectivity index (χ3v) is 3.07. The lowest BCUT2D eigenvalue weighted by Crippen LogP contribution is -2.31. The van der Waals surface area contributed by atoms with Gasteiger partial charge in [-0.25, -0.2) is 4.99 Å². The van der Waals surface area contributed by atoms with Gasteiger partial charge in [0.05, 0.1) is 24.2 Å². The standard InChI is InChI=1S/C8H10N2OS2/c1-11-7-3-2-5-6(9-7)4-8(10-5)13-12/h2-6,10,12H,1H3. The summed E-state index contributed by atoms with van der Waals surface area (Å²) in [6, 6.07) is 0.433. The predicted octanol–water partition coefficient (Wildman–Crippen LogP) is 1.36. The minimum atomic E-state index is 0.162. The van der Waals surface area contributed by atoms with Gasteiger partial charge in [-0.2, -0.15) is 0 Å². The lowest BCUT2D eigenvalue weighted by Gasteiger charge is -2.17. The van der Waals surface area contributed by atoms with Crippen molar-refractivity contribution in [2.75, 3.05) is 7.11 Å². The Kier molecular flexibility index (Phi) is 2.55. The molecular formula is C8H10N2OS2. The first-order chi connectivity index (χ1) is 6.33. The van der Waals surface area contributed by atoms with Gasteiger partial charge in [0.25, 0.3) is 0 Å². The van der Waals surface area contributed by atoms with Gasteiger partial charge in [0, 0.05) is 0 Å². The van der Waals surface area contributed by atoms with Gasteiger partial charge in [0.1, 0.15) is 0 Å². The molecule has 0 aromatic heterocycles. The lowest BCUT2D eigenvalue weighted by atomic mass is 10.1. The van der Waals surface area contributed by atoms with Crippen molar-refractivity contribution in [3.05, 3.63) is 23.3 Å².